The van der Waals surface area contributed by atoms with Crippen LogP contribution in [0.5, 0.6) is 0 Å². The summed E-state index contributed by atoms with van der Waals surface area (Å²) in [4.78, 5) is 20.4. The summed E-state index contributed by atoms with van der Waals surface area (Å²) in [6.45, 7) is 0. The van der Waals surface area contributed by atoms with Crippen LogP contribution < -0.4 is 0 Å². The molecule has 0 aliphatic rings. The lowest BCUT2D eigenvalue weighted by Crippen LogP contribution is -2.08. The molecule has 1 aromatic rings. The molecule has 0 radical (unpaired) electrons. The number of ether oxygens (including phenoxy) is 1. The van der Waals surface area contributed by atoms with Crippen LogP contribution in [0.2, 0.25) is 0 Å². The highest BCUT2D eigenvalue weighted by atomic mass is 16.7. The third kappa shape index (κ3) is 1.82. The molecule has 5 heteroatoms. The highest BCUT2D eigenvalue weighted by molar-refractivity contribution is 5.92. The lowest BCUT2D eigenvalue weighted by atomic mass is 10.5. The highest BCUT2D eigenvalue weighted by Gasteiger charge is 2.13. The molecule has 0 aromatic carbocycles. The van der Waals surface area contributed by atoms with Gasteiger partial charge in [0.15, 0.2) is 0 Å². The van der Waals surface area contributed by atoms with Crippen molar-refractivity contribution < 1.29 is 23.8 Å². The van der Waals surface area contributed by atoms with Crippen LogP contribution in [-0.4, -0.2) is 17.2 Å². The van der Waals surface area contributed by atoms with E-state index >= 15 is 0 Å². The van der Waals surface area contributed by atoms with E-state index in [4.69, 9.17) is 5.11 Å². The van der Waals surface area contributed by atoms with Gasteiger partial charge < -0.3 is 14.3 Å². The molecule has 0 aliphatic carbocycles. The Labute approximate surface area is 61.2 Å². The summed E-state index contributed by atoms with van der Waals surface area (Å²) in [5.74, 6) is -1.14. The summed E-state index contributed by atoms with van der Waals surface area (Å²) in [5, 5.41) is 8.00. The highest BCUT2D eigenvalue weighted by Crippen LogP contribution is 2.01. The third-order valence-corrected chi connectivity index (χ3v) is 0.902. The first-order chi connectivity index (χ1) is 5.20. The predicted octanol–water partition coefficient (Wildman–Crippen LogP) is 1.11. The topological polar surface area (TPSA) is 76.7 Å². The molecule has 1 N–H and O–H groups in total. The monoisotopic (exact) mass is 156 g/mol. The Morgan fingerprint density at radius 1 is 1.55 bits per heavy atom. The number of carboxylic acid groups (broad SMARTS) is 1. The van der Waals surface area contributed by atoms with Crippen LogP contribution in [-0.2, 0) is 4.74 Å². The van der Waals surface area contributed by atoms with E-state index in [2.05, 4.69) is 9.15 Å². The predicted molar refractivity (Wildman–Crippen MR) is 32.1 cm³/mol. The van der Waals surface area contributed by atoms with Crippen LogP contribution >= 0.6 is 0 Å². The number of hydrogen-bond acceptors (Lipinski definition) is 4. The van der Waals surface area contributed by atoms with Crippen molar-refractivity contribution in [3.8, 4) is 0 Å². The van der Waals surface area contributed by atoms with Gasteiger partial charge in [-0.05, 0) is 12.1 Å². The fourth-order valence-electron chi connectivity index (χ4n) is 0.524. The van der Waals surface area contributed by atoms with E-state index in [0.717, 1.165) is 0 Å². The second kappa shape index (κ2) is 2.87. The Bertz CT molecular complexity index is 261. The number of esters is 1. The molecule has 11 heavy (non-hydrogen) atoms. The Balaban J connectivity index is 2.64. The van der Waals surface area contributed by atoms with Gasteiger partial charge in [-0.25, -0.2) is 9.59 Å². The summed E-state index contributed by atoms with van der Waals surface area (Å²) in [6, 6.07) is 2.77. The van der Waals surface area contributed by atoms with E-state index in [9.17, 15) is 9.59 Å². The average Bonchev–Trinajstić information content (AvgIpc) is 2.35. The number of hydrogen-bond donors (Lipinski definition) is 1. The lowest BCUT2D eigenvalue weighted by molar-refractivity contribution is 0.0477. The first-order valence-corrected chi connectivity index (χ1v) is 2.69. The molecule has 1 aromatic heterocycles. The van der Waals surface area contributed by atoms with Crippen LogP contribution in [0.4, 0.5) is 4.79 Å². The molecule has 0 saturated carbocycles. The molecule has 58 valence electrons. The molecule has 0 aliphatic heterocycles. The number of carbonyl (C=O) groups excluding carboxylic acids is 1. The Hall–Kier alpha value is -1.78. The number of rotatable bonds is 1. The van der Waals surface area contributed by atoms with Gasteiger partial charge in [-0.3, -0.25) is 0 Å². The molecular weight excluding hydrogens is 152 g/mol. The van der Waals surface area contributed by atoms with E-state index in [0.29, 0.717) is 0 Å². The molecule has 0 saturated heterocycles. The van der Waals surface area contributed by atoms with Crippen LogP contribution in [0.25, 0.3) is 0 Å². The maximum atomic E-state index is 10.6. The van der Waals surface area contributed by atoms with Crippen LogP contribution in [0.15, 0.2) is 22.8 Å². The minimum absolute atomic E-state index is 0.132. The van der Waals surface area contributed by atoms with Crippen LogP contribution in [0.3, 0.4) is 0 Å². The summed E-state index contributed by atoms with van der Waals surface area (Å²) in [5.41, 5.74) is 0. The van der Waals surface area contributed by atoms with Crippen molar-refractivity contribution in [2.45, 2.75) is 0 Å². The van der Waals surface area contributed by atoms with Crippen molar-refractivity contribution in [2.24, 2.45) is 0 Å². The molecule has 0 fully saturated rings. The van der Waals surface area contributed by atoms with E-state index in [1.165, 1.54) is 18.4 Å². The minimum atomic E-state index is -1.65. The zero-order valence-corrected chi connectivity index (χ0v) is 5.31. The van der Waals surface area contributed by atoms with Crippen molar-refractivity contribution in [1.82, 2.24) is 0 Å². The molecule has 0 atom stereocenters. The molecule has 0 amide bonds. The van der Waals surface area contributed by atoms with Gasteiger partial charge in [0.1, 0.15) is 0 Å². The summed E-state index contributed by atoms with van der Waals surface area (Å²) in [7, 11) is 0. The molecule has 0 spiro atoms. The summed E-state index contributed by atoms with van der Waals surface area (Å²) >= 11 is 0. The van der Waals surface area contributed by atoms with Crippen molar-refractivity contribution in [2.75, 3.05) is 0 Å². The fourth-order valence-corrected chi connectivity index (χ4v) is 0.524. The number of carbonyl (C=O) groups is 2. The molecule has 1 rings (SSSR count). The lowest BCUT2D eigenvalue weighted by Gasteiger charge is -1.91. The normalized spacial score (nSPS) is 9.09. The SMILES string of the molecule is O=C(O)OC(=O)c1ccco1. The van der Waals surface area contributed by atoms with Gasteiger partial charge in [-0.2, -0.15) is 0 Å². The zero-order valence-electron chi connectivity index (χ0n) is 5.31. The van der Waals surface area contributed by atoms with Crippen LogP contribution in [0, 0.1) is 0 Å². The van der Waals surface area contributed by atoms with Gasteiger partial charge in [-0.15, -0.1) is 0 Å². The summed E-state index contributed by atoms with van der Waals surface area (Å²) < 4.78 is 8.34. The van der Waals surface area contributed by atoms with Crippen molar-refractivity contribution in [3.63, 3.8) is 0 Å². The van der Waals surface area contributed by atoms with Gasteiger partial charge in [0.25, 0.3) is 0 Å². The second-order valence-electron chi connectivity index (χ2n) is 1.63. The second-order valence-corrected chi connectivity index (χ2v) is 1.63. The molecule has 0 unspecified atom stereocenters. The van der Waals surface area contributed by atoms with Gasteiger partial charge in [0, 0.05) is 0 Å². The fraction of sp³-hybridized carbons (Fsp3) is 0. The smallest absolute Gasteiger partial charge is 0.457 e. The Kier molecular flexibility index (Phi) is 1.91. The summed E-state index contributed by atoms with van der Waals surface area (Å²) in [6.07, 6.45) is -0.398. The van der Waals surface area contributed by atoms with Gasteiger partial charge >= 0.3 is 12.1 Å². The maximum absolute atomic E-state index is 10.6. The van der Waals surface area contributed by atoms with E-state index in [1.54, 1.807) is 0 Å². The van der Waals surface area contributed by atoms with Crippen molar-refractivity contribution in [1.29, 1.82) is 0 Å². The van der Waals surface area contributed by atoms with Crippen molar-refractivity contribution >= 4 is 12.1 Å². The Morgan fingerprint density at radius 3 is 2.73 bits per heavy atom. The van der Waals surface area contributed by atoms with E-state index < -0.39 is 12.1 Å². The first-order valence-electron chi connectivity index (χ1n) is 2.69. The maximum Gasteiger partial charge on any atom is 0.513 e. The average molecular weight is 156 g/mol. The third-order valence-electron chi connectivity index (χ3n) is 0.902. The molecule has 0 bridgehead atoms. The van der Waals surface area contributed by atoms with Gasteiger partial charge in [-0.1, -0.05) is 0 Å². The molecule has 1 heterocycles. The minimum Gasteiger partial charge on any atom is -0.457 e. The number of furan rings is 1. The largest absolute Gasteiger partial charge is 0.513 e. The van der Waals surface area contributed by atoms with Crippen LogP contribution in [0.1, 0.15) is 10.6 Å². The molecule has 5 nitrogen and oxygen atoms in total. The van der Waals surface area contributed by atoms with Gasteiger partial charge in [0.2, 0.25) is 5.76 Å². The zero-order chi connectivity index (χ0) is 8.27. The van der Waals surface area contributed by atoms with E-state index in [-0.39, 0.29) is 5.76 Å². The quantitative estimate of drug-likeness (QED) is 0.486. The van der Waals surface area contributed by atoms with E-state index in [1.807, 2.05) is 0 Å². The Morgan fingerprint density at radius 2 is 2.27 bits per heavy atom. The standard InChI is InChI=1S/C6H4O5/c7-5(11-6(8)9)4-2-1-3-10-4/h1-3H,(H,8,9). The first kappa shape index (κ1) is 7.33. The van der Waals surface area contributed by atoms with Gasteiger partial charge in [0.05, 0.1) is 6.26 Å². The van der Waals surface area contributed by atoms with Crippen molar-refractivity contribution in [3.05, 3.63) is 24.2 Å². The molecular formula is C6H4O5.